The van der Waals surface area contributed by atoms with Gasteiger partial charge in [-0.25, -0.2) is 0 Å². The zero-order chi connectivity index (χ0) is 14.2. The lowest BCUT2D eigenvalue weighted by Gasteiger charge is -2.19. The summed E-state index contributed by atoms with van der Waals surface area (Å²) in [6.45, 7) is 3.33. The van der Waals surface area contributed by atoms with Crippen molar-refractivity contribution in [2.75, 3.05) is 18.5 Å². The molecule has 110 valence electrons. The van der Waals surface area contributed by atoms with Crippen molar-refractivity contribution in [3.05, 3.63) is 18.2 Å². The number of ether oxygens (including phenoxy) is 2. The molecule has 1 aliphatic heterocycles. The molecular weight excluding hydrogens is 254 g/mol. The van der Waals surface area contributed by atoms with Gasteiger partial charge in [-0.15, -0.1) is 0 Å². The van der Waals surface area contributed by atoms with Crippen molar-refractivity contribution >= 4 is 11.6 Å². The van der Waals surface area contributed by atoms with E-state index in [-0.39, 0.29) is 5.91 Å². The van der Waals surface area contributed by atoms with E-state index in [4.69, 9.17) is 9.47 Å². The molecule has 1 heterocycles. The van der Waals surface area contributed by atoms with Crippen LogP contribution in [0.3, 0.4) is 0 Å². The van der Waals surface area contributed by atoms with Crippen LogP contribution in [0.25, 0.3) is 0 Å². The highest BCUT2D eigenvalue weighted by Gasteiger charge is 2.12. The van der Waals surface area contributed by atoms with Crippen molar-refractivity contribution in [3.8, 4) is 11.5 Å². The monoisotopic (exact) mass is 277 g/mol. The summed E-state index contributed by atoms with van der Waals surface area (Å²) in [5.74, 6) is 1.52. The Hall–Kier alpha value is -1.71. The van der Waals surface area contributed by atoms with Crippen LogP contribution in [0.5, 0.6) is 11.5 Å². The van der Waals surface area contributed by atoms with Crippen LogP contribution in [0.15, 0.2) is 18.2 Å². The zero-order valence-corrected chi connectivity index (χ0v) is 12.1. The number of anilines is 1. The maximum absolute atomic E-state index is 11.8. The summed E-state index contributed by atoms with van der Waals surface area (Å²) in [7, 11) is 0. The van der Waals surface area contributed by atoms with Gasteiger partial charge in [0.2, 0.25) is 5.91 Å². The molecule has 1 aromatic rings. The van der Waals surface area contributed by atoms with E-state index in [9.17, 15) is 4.79 Å². The van der Waals surface area contributed by atoms with Crippen molar-refractivity contribution in [1.82, 2.24) is 0 Å². The largest absolute Gasteiger partial charge is 0.486 e. The Bertz CT molecular complexity index is 445. The Balaban J connectivity index is 1.76. The Morgan fingerprint density at radius 3 is 2.65 bits per heavy atom. The molecule has 0 bridgehead atoms. The van der Waals surface area contributed by atoms with E-state index in [2.05, 4.69) is 12.2 Å². The second-order valence-electron chi connectivity index (χ2n) is 5.07. The van der Waals surface area contributed by atoms with Crippen LogP contribution in [-0.4, -0.2) is 19.1 Å². The summed E-state index contributed by atoms with van der Waals surface area (Å²) in [6.07, 6.45) is 6.36. The Kier molecular flexibility index (Phi) is 5.71. The minimum Gasteiger partial charge on any atom is -0.486 e. The zero-order valence-electron chi connectivity index (χ0n) is 12.1. The van der Waals surface area contributed by atoms with Gasteiger partial charge in [-0.3, -0.25) is 4.79 Å². The minimum atomic E-state index is 0.0678. The van der Waals surface area contributed by atoms with Crippen molar-refractivity contribution in [1.29, 1.82) is 0 Å². The summed E-state index contributed by atoms with van der Waals surface area (Å²) in [4.78, 5) is 11.8. The van der Waals surface area contributed by atoms with Gasteiger partial charge in [0, 0.05) is 18.2 Å². The van der Waals surface area contributed by atoms with Crippen LogP contribution in [0.1, 0.15) is 45.4 Å². The first-order valence-corrected chi connectivity index (χ1v) is 7.49. The second-order valence-corrected chi connectivity index (χ2v) is 5.07. The van der Waals surface area contributed by atoms with Crippen LogP contribution in [0.2, 0.25) is 0 Å². The molecule has 1 N–H and O–H groups in total. The summed E-state index contributed by atoms with van der Waals surface area (Å²) in [5.41, 5.74) is 0.771. The van der Waals surface area contributed by atoms with Crippen molar-refractivity contribution in [3.63, 3.8) is 0 Å². The molecule has 4 heteroatoms. The highest BCUT2D eigenvalue weighted by Crippen LogP contribution is 2.32. The summed E-state index contributed by atoms with van der Waals surface area (Å²) in [5, 5.41) is 2.91. The third-order valence-corrected chi connectivity index (χ3v) is 3.33. The predicted octanol–water partition coefficient (Wildman–Crippen LogP) is 3.76. The average molecular weight is 277 g/mol. The Morgan fingerprint density at radius 1 is 1.10 bits per heavy atom. The molecule has 20 heavy (non-hydrogen) atoms. The number of nitrogens with one attached hydrogen (secondary N) is 1. The van der Waals surface area contributed by atoms with Gasteiger partial charge in [0.25, 0.3) is 0 Å². The number of benzene rings is 1. The lowest BCUT2D eigenvalue weighted by molar-refractivity contribution is -0.116. The lowest BCUT2D eigenvalue weighted by Crippen LogP contribution is -2.16. The SMILES string of the molecule is CCCCCCCC(=O)Nc1ccc2c(c1)OCCO2. The molecule has 0 radical (unpaired) electrons. The van der Waals surface area contributed by atoms with Crippen LogP contribution in [0, 0.1) is 0 Å². The van der Waals surface area contributed by atoms with Gasteiger partial charge >= 0.3 is 0 Å². The maximum atomic E-state index is 11.8. The molecule has 4 nitrogen and oxygen atoms in total. The molecule has 0 aliphatic carbocycles. The number of carbonyl (C=O) groups is 1. The number of hydrogen-bond acceptors (Lipinski definition) is 3. The van der Waals surface area contributed by atoms with Gasteiger partial charge < -0.3 is 14.8 Å². The number of amides is 1. The van der Waals surface area contributed by atoms with Gasteiger partial charge in [0.05, 0.1) is 0 Å². The van der Waals surface area contributed by atoms with Gasteiger partial charge in [-0.2, -0.15) is 0 Å². The van der Waals surface area contributed by atoms with Gasteiger partial charge in [-0.05, 0) is 18.6 Å². The topological polar surface area (TPSA) is 47.6 Å². The van der Waals surface area contributed by atoms with Crippen LogP contribution in [0.4, 0.5) is 5.69 Å². The van der Waals surface area contributed by atoms with Gasteiger partial charge in [-0.1, -0.05) is 32.6 Å². The molecule has 0 atom stereocenters. The first kappa shape index (κ1) is 14.7. The lowest BCUT2D eigenvalue weighted by atomic mass is 10.1. The smallest absolute Gasteiger partial charge is 0.224 e. The second kappa shape index (κ2) is 7.78. The Morgan fingerprint density at radius 2 is 1.85 bits per heavy atom. The normalized spacial score (nSPS) is 13.1. The van der Waals surface area contributed by atoms with Crippen LogP contribution >= 0.6 is 0 Å². The standard InChI is InChI=1S/C16H23NO3/c1-2-3-4-5-6-7-16(18)17-13-8-9-14-15(12-13)20-11-10-19-14/h8-9,12H,2-7,10-11H2,1H3,(H,17,18). The number of carbonyl (C=O) groups excluding carboxylic acids is 1. The fourth-order valence-corrected chi connectivity index (χ4v) is 2.23. The van der Waals surface area contributed by atoms with E-state index in [0.29, 0.717) is 25.4 Å². The van der Waals surface area contributed by atoms with E-state index in [1.807, 2.05) is 18.2 Å². The molecule has 1 aliphatic rings. The molecular formula is C16H23NO3. The average Bonchev–Trinajstić information content (AvgIpc) is 2.47. The molecule has 0 aromatic heterocycles. The number of fused-ring (bicyclic) bond motifs is 1. The quantitative estimate of drug-likeness (QED) is 0.772. The number of unbranched alkanes of at least 4 members (excludes halogenated alkanes) is 4. The summed E-state index contributed by atoms with van der Waals surface area (Å²) >= 11 is 0. The van der Waals surface area contributed by atoms with Crippen molar-refractivity contribution in [2.24, 2.45) is 0 Å². The highest BCUT2D eigenvalue weighted by molar-refractivity contribution is 5.91. The Labute approximate surface area is 120 Å². The van der Waals surface area contributed by atoms with Gasteiger partial charge in [0.15, 0.2) is 11.5 Å². The fourth-order valence-electron chi connectivity index (χ4n) is 2.23. The van der Waals surface area contributed by atoms with E-state index >= 15 is 0 Å². The maximum Gasteiger partial charge on any atom is 0.224 e. The van der Waals surface area contributed by atoms with E-state index < -0.39 is 0 Å². The molecule has 0 saturated carbocycles. The predicted molar refractivity (Wildman–Crippen MR) is 79.4 cm³/mol. The third-order valence-electron chi connectivity index (χ3n) is 3.33. The molecule has 0 unspecified atom stereocenters. The minimum absolute atomic E-state index is 0.0678. The first-order chi connectivity index (χ1) is 9.79. The molecule has 1 aromatic carbocycles. The molecule has 0 saturated heterocycles. The summed E-state index contributed by atoms with van der Waals surface area (Å²) in [6, 6.07) is 5.51. The van der Waals surface area contributed by atoms with Crippen molar-refractivity contribution < 1.29 is 14.3 Å². The molecule has 0 fully saturated rings. The van der Waals surface area contributed by atoms with Crippen LogP contribution < -0.4 is 14.8 Å². The number of hydrogen-bond donors (Lipinski definition) is 1. The van der Waals surface area contributed by atoms with E-state index in [1.165, 1.54) is 19.3 Å². The van der Waals surface area contributed by atoms with Crippen molar-refractivity contribution in [2.45, 2.75) is 45.4 Å². The van der Waals surface area contributed by atoms with E-state index in [0.717, 1.165) is 24.3 Å². The highest BCUT2D eigenvalue weighted by atomic mass is 16.6. The summed E-state index contributed by atoms with van der Waals surface area (Å²) < 4.78 is 10.9. The third kappa shape index (κ3) is 4.44. The molecule has 1 amide bonds. The molecule has 2 rings (SSSR count). The van der Waals surface area contributed by atoms with Gasteiger partial charge in [0.1, 0.15) is 13.2 Å². The first-order valence-electron chi connectivity index (χ1n) is 7.49. The number of rotatable bonds is 7. The van der Waals surface area contributed by atoms with E-state index in [1.54, 1.807) is 0 Å². The fraction of sp³-hybridized carbons (Fsp3) is 0.562. The molecule has 0 spiro atoms. The van der Waals surface area contributed by atoms with Crippen LogP contribution in [-0.2, 0) is 4.79 Å².